The Hall–Kier alpha value is -0.170. The van der Waals surface area contributed by atoms with E-state index in [-0.39, 0.29) is 5.60 Å². The highest BCUT2D eigenvalue weighted by Gasteiger charge is 2.20. The van der Waals surface area contributed by atoms with E-state index in [4.69, 9.17) is 9.15 Å². The maximum Gasteiger partial charge on any atom is 0.278 e. The van der Waals surface area contributed by atoms with Crippen LogP contribution < -0.4 is 0 Å². The molecule has 12 heavy (non-hydrogen) atoms. The van der Waals surface area contributed by atoms with Gasteiger partial charge in [-0.05, 0) is 13.8 Å². The Labute approximate surface area is 84.8 Å². The molecule has 0 aliphatic heterocycles. The van der Waals surface area contributed by atoms with E-state index >= 15 is 0 Å². The molecule has 1 aromatic heterocycles. The number of methoxy groups -OCH3 is 1. The van der Waals surface area contributed by atoms with E-state index in [9.17, 15) is 0 Å². The van der Waals surface area contributed by atoms with Crippen molar-refractivity contribution < 1.29 is 9.15 Å². The molecule has 5 heteroatoms. The molecule has 0 unspecified atom stereocenters. The predicted molar refractivity (Wildman–Crippen MR) is 51.8 cm³/mol. The summed E-state index contributed by atoms with van der Waals surface area (Å²) in [6, 6.07) is 0. The third-order valence-electron chi connectivity index (χ3n) is 1.57. The molecule has 0 saturated carbocycles. The van der Waals surface area contributed by atoms with Crippen LogP contribution in [0.25, 0.3) is 0 Å². The highest BCUT2D eigenvalue weighted by molar-refractivity contribution is 14.1. The topological polar surface area (TPSA) is 48.2 Å². The monoisotopic (exact) mass is 282 g/mol. The fourth-order valence-corrected chi connectivity index (χ4v) is 1.10. The standard InChI is InChI=1S/C7H11IN2O2/c1-7(2,11-3)4-5-9-10-6(8)12-5/h4H2,1-3H3. The van der Waals surface area contributed by atoms with Crippen LogP contribution in [0.2, 0.25) is 0 Å². The lowest BCUT2D eigenvalue weighted by Gasteiger charge is -2.19. The molecule has 0 fully saturated rings. The first-order valence-electron chi connectivity index (χ1n) is 3.56. The molecule has 68 valence electrons. The van der Waals surface area contributed by atoms with Gasteiger partial charge in [-0.3, -0.25) is 0 Å². The van der Waals surface area contributed by atoms with Crippen molar-refractivity contribution in [3.63, 3.8) is 0 Å². The first-order valence-corrected chi connectivity index (χ1v) is 4.64. The van der Waals surface area contributed by atoms with E-state index < -0.39 is 0 Å². The zero-order chi connectivity index (χ0) is 9.19. The minimum absolute atomic E-state index is 0.240. The smallest absolute Gasteiger partial charge is 0.278 e. The summed E-state index contributed by atoms with van der Waals surface area (Å²) in [6.45, 7) is 3.95. The number of rotatable bonds is 3. The average Bonchev–Trinajstić information content (AvgIpc) is 2.35. The van der Waals surface area contributed by atoms with Crippen molar-refractivity contribution in [2.24, 2.45) is 0 Å². The van der Waals surface area contributed by atoms with Crippen molar-refractivity contribution in [1.29, 1.82) is 0 Å². The molecular formula is C7H11IN2O2. The molecule has 0 aliphatic carbocycles. The molecule has 0 aliphatic rings. The van der Waals surface area contributed by atoms with Crippen LogP contribution in [0.3, 0.4) is 0 Å². The van der Waals surface area contributed by atoms with Crippen LogP contribution in [0.4, 0.5) is 0 Å². The van der Waals surface area contributed by atoms with Gasteiger partial charge in [-0.1, -0.05) is 0 Å². The lowest BCUT2D eigenvalue weighted by atomic mass is 10.1. The van der Waals surface area contributed by atoms with E-state index in [2.05, 4.69) is 10.2 Å². The Balaban J connectivity index is 2.63. The average molecular weight is 282 g/mol. The van der Waals surface area contributed by atoms with Crippen molar-refractivity contribution in [2.75, 3.05) is 7.11 Å². The molecule has 0 spiro atoms. The minimum atomic E-state index is -0.240. The summed E-state index contributed by atoms with van der Waals surface area (Å²) in [6.07, 6.45) is 0.638. The van der Waals surface area contributed by atoms with Gasteiger partial charge in [0.25, 0.3) is 3.90 Å². The van der Waals surface area contributed by atoms with Crippen molar-refractivity contribution >= 4 is 22.6 Å². The summed E-state index contributed by atoms with van der Waals surface area (Å²) in [5.74, 6) is 0.617. The summed E-state index contributed by atoms with van der Waals surface area (Å²) in [5, 5.41) is 7.59. The summed E-state index contributed by atoms with van der Waals surface area (Å²) in [7, 11) is 1.67. The zero-order valence-electron chi connectivity index (χ0n) is 7.30. The molecule has 0 N–H and O–H groups in total. The van der Waals surface area contributed by atoms with Crippen molar-refractivity contribution in [3.05, 3.63) is 9.79 Å². The first-order chi connectivity index (χ1) is 5.53. The Morgan fingerprint density at radius 2 is 2.17 bits per heavy atom. The normalized spacial score (nSPS) is 12.0. The Bertz CT molecular complexity index is 260. The summed E-state index contributed by atoms with van der Waals surface area (Å²) in [5.41, 5.74) is -0.240. The molecule has 1 aromatic rings. The number of aromatic nitrogens is 2. The number of halogens is 1. The van der Waals surface area contributed by atoms with Crippen LogP contribution in [0, 0.1) is 3.90 Å². The highest BCUT2D eigenvalue weighted by Crippen LogP contribution is 2.15. The SMILES string of the molecule is COC(C)(C)Cc1nnc(I)o1. The summed E-state index contributed by atoms with van der Waals surface area (Å²) < 4.78 is 11.0. The van der Waals surface area contributed by atoms with Crippen LogP contribution in [0.15, 0.2) is 4.42 Å². The lowest BCUT2D eigenvalue weighted by Crippen LogP contribution is -2.25. The third-order valence-corrected chi connectivity index (χ3v) is 2.01. The van der Waals surface area contributed by atoms with E-state index in [0.717, 1.165) is 0 Å². The Morgan fingerprint density at radius 3 is 2.58 bits per heavy atom. The number of hydrogen-bond donors (Lipinski definition) is 0. The van der Waals surface area contributed by atoms with Gasteiger partial charge in [0, 0.05) is 29.7 Å². The number of hydrogen-bond acceptors (Lipinski definition) is 4. The van der Waals surface area contributed by atoms with Gasteiger partial charge in [-0.2, -0.15) is 0 Å². The van der Waals surface area contributed by atoms with Crippen LogP contribution in [-0.4, -0.2) is 22.9 Å². The van der Waals surface area contributed by atoms with Gasteiger partial charge in [0.15, 0.2) is 0 Å². The second kappa shape index (κ2) is 3.69. The molecule has 0 aromatic carbocycles. The van der Waals surface area contributed by atoms with Crippen molar-refractivity contribution in [3.8, 4) is 0 Å². The molecular weight excluding hydrogens is 271 g/mol. The molecule has 1 rings (SSSR count). The van der Waals surface area contributed by atoms with Gasteiger partial charge >= 0.3 is 0 Å². The van der Waals surface area contributed by atoms with E-state index in [0.29, 0.717) is 16.2 Å². The zero-order valence-corrected chi connectivity index (χ0v) is 9.45. The Morgan fingerprint density at radius 1 is 1.50 bits per heavy atom. The van der Waals surface area contributed by atoms with Gasteiger partial charge in [-0.15, -0.1) is 10.2 Å². The molecule has 1 heterocycles. The number of ether oxygens (including phenoxy) is 1. The van der Waals surface area contributed by atoms with Crippen LogP contribution >= 0.6 is 22.6 Å². The molecule has 0 radical (unpaired) electrons. The maximum absolute atomic E-state index is 5.22. The summed E-state index contributed by atoms with van der Waals surface area (Å²) >= 11 is 1.98. The minimum Gasteiger partial charge on any atom is -0.416 e. The summed E-state index contributed by atoms with van der Waals surface area (Å²) in [4.78, 5) is 0. The van der Waals surface area contributed by atoms with Gasteiger partial charge in [0.2, 0.25) is 5.89 Å². The van der Waals surface area contributed by atoms with E-state index in [1.54, 1.807) is 7.11 Å². The molecule has 0 amide bonds. The van der Waals surface area contributed by atoms with Crippen LogP contribution in [0.5, 0.6) is 0 Å². The second-order valence-electron chi connectivity index (χ2n) is 3.09. The second-order valence-corrected chi connectivity index (χ2v) is 4.01. The fraction of sp³-hybridized carbons (Fsp3) is 0.714. The first kappa shape index (κ1) is 9.91. The quantitative estimate of drug-likeness (QED) is 0.791. The van der Waals surface area contributed by atoms with Gasteiger partial charge in [0.1, 0.15) is 0 Å². The largest absolute Gasteiger partial charge is 0.416 e. The van der Waals surface area contributed by atoms with Crippen LogP contribution in [-0.2, 0) is 11.2 Å². The maximum atomic E-state index is 5.22. The van der Waals surface area contributed by atoms with Crippen molar-refractivity contribution in [1.82, 2.24) is 10.2 Å². The van der Waals surface area contributed by atoms with E-state index in [1.165, 1.54) is 0 Å². The van der Waals surface area contributed by atoms with Gasteiger partial charge < -0.3 is 9.15 Å². The van der Waals surface area contributed by atoms with E-state index in [1.807, 2.05) is 36.4 Å². The number of nitrogens with zero attached hydrogens (tertiary/aromatic N) is 2. The third kappa shape index (κ3) is 2.71. The Kier molecular flexibility index (Phi) is 3.05. The molecule has 0 atom stereocenters. The predicted octanol–water partition coefficient (Wildman–Crippen LogP) is 1.64. The van der Waals surface area contributed by atoms with Crippen molar-refractivity contribution in [2.45, 2.75) is 25.9 Å². The molecule has 0 saturated heterocycles. The molecule has 0 bridgehead atoms. The van der Waals surface area contributed by atoms with Crippen LogP contribution in [0.1, 0.15) is 19.7 Å². The van der Waals surface area contributed by atoms with Gasteiger partial charge in [-0.25, -0.2) is 0 Å². The highest BCUT2D eigenvalue weighted by atomic mass is 127. The fourth-order valence-electron chi connectivity index (χ4n) is 0.741. The lowest BCUT2D eigenvalue weighted by molar-refractivity contribution is 0.0179. The van der Waals surface area contributed by atoms with Gasteiger partial charge in [0.05, 0.1) is 12.0 Å². The molecule has 4 nitrogen and oxygen atoms in total.